The highest BCUT2D eigenvalue weighted by atomic mass is 79.9. The van der Waals surface area contributed by atoms with E-state index in [1.165, 1.54) is 0 Å². The number of aryl methyl sites for hydroxylation is 2. The van der Waals surface area contributed by atoms with E-state index >= 15 is 0 Å². The van der Waals surface area contributed by atoms with Gasteiger partial charge in [0, 0.05) is 22.3 Å². The summed E-state index contributed by atoms with van der Waals surface area (Å²) >= 11 is 3.49. The topological polar surface area (TPSA) is 75.9 Å². The van der Waals surface area contributed by atoms with E-state index in [2.05, 4.69) is 41.7 Å². The monoisotopic (exact) mass is 359 g/mol. The lowest BCUT2D eigenvalue weighted by molar-refractivity contribution is 0.400. The van der Waals surface area contributed by atoms with Gasteiger partial charge in [0.15, 0.2) is 5.82 Å². The molecule has 0 aliphatic heterocycles. The summed E-state index contributed by atoms with van der Waals surface area (Å²) in [6.45, 7) is 3.75. The predicted octanol–water partition coefficient (Wildman–Crippen LogP) is 4.33. The number of rotatable bonds is 4. The average molecular weight is 360 g/mol. The van der Waals surface area contributed by atoms with Gasteiger partial charge < -0.3 is 15.2 Å². The number of aromatic nitrogens is 3. The Hall–Kier alpha value is -2.41. The minimum absolute atomic E-state index is 0.509. The van der Waals surface area contributed by atoms with Gasteiger partial charge in [0.1, 0.15) is 11.6 Å². The third-order valence-electron chi connectivity index (χ3n) is 2.86. The Labute approximate surface area is 136 Å². The van der Waals surface area contributed by atoms with Crippen LogP contribution in [-0.4, -0.2) is 15.1 Å². The van der Waals surface area contributed by atoms with Crippen molar-refractivity contribution >= 4 is 39.2 Å². The molecule has 0 atom stereocenters. The Kier molecular flexibility index (Phi) is 4.06. The van der Waals surface area contributed by atoms with E-state index in [9.17, 15) is 0 Å². The normalized spacial score (nSPS) is 10.5. The lowest BCUT2D eigenvalue weighted by Gasteiger charge is -2.09. The van der Waals surface area contributed by atoms with Crippen molar-refractivity contribution in [3.63, 3.8) is 0 Å². The van der Waals surface area contributed by atoms with Gasteiger partial charge in [-0.25, -0.2) is 4.98 Å². The van der Waals surface area contributed by atoms with Gasteiger partial charge in [-0.1, -0.05) is 17.3 Å². The highest BCUT2D eigenvalue weighted by Crippen LogP contribution is 2.25. The zero-order valence-electron chi connectivity index (χ0n) is 12.1. The maximum absolute atomic E-state index is 5.03. The van der Waals surface area contributed by atoms with Crippen molar-refractivity contribution in [1.29, 1.82) is 0 Å². The standard InChI is InChI=1S/C15H14BrN5O/c1-9-7-13(19-14-8-10(2)22-21-14)20-15(17-9)18-12-6-4-3-5-11(12)16/h3-8H,1-2H3,(H2,17,18,19,20,21). The summed E-state index contributed by atoms with van der Waals surface area (Å²) < 4.78 is 5.98. The number of anilines is 4. The van der Waals surface area contributed by atoms with Crippen LogP contribution < -0.4 is 10.6 Å². The maximum atomic E-state index is 5.03. The molecule has 1 aromatic carbocycles. The van der Waals surface area contributed by atoms with E-state index in [4.69, 9.17) is 4.52 Å². The molecule has 0 amide bonds. The molecular weight excluding hydrogens is 346 g/mol. The summed E-state index contributed by atoms with van der Waals surface area (Å²) in [6, 6.07) is 11.4. The van der Waals surface area contributed by atoms with Crippen LogP contribution in [0.3, 0.4) is 0 Å². The summed E-state index contributed by atoms with van der Waals surface area (Å²) in [6.07, 6.45) is 0. The smallest absolute Gasteiger partial charge is 0.229 e. The summed E-state index contributed by atoms with van der Waals surface area (Å²) in [7, 11) is 0. The lowest BCUT2D eigenvalue weighted by Crippen LogP contribution is -2.02. The van der Waals surface area contributed by atoms with Gasteiger partial charge in [0.05, 0.1) is 5.69 Å². The van der Waals surface area contributed by atoms with Crippen molar-refractivity contribution < 1.29 is 4.52 Å². The van der Waals surface area contributed by atoms with Crippen LogP contribution in [0.4, 0.5) is 23.3 Å². The molecule has 0 bridgehead atoms. The Morgan fingerprint density at radius 3 is 2.55 bits per heavy atom. The van der Waals surface area contributed by atoms with Gasteiger partial charge in [-0.05, 0) is 41.9 Å². The number of benzene rings is 1. The number of nitrogens with zero attached hydrogens (tertiary/aromatic N) is 3. The van der Waals surface area contributed by atoms with Crippen molar-refractivity contribution in [2.45, 2.75) is 13.8 Å². The van der Waals surface area contributed by atoms with Crippen LogP contribution in [0.2, 0.25) is 0 Å². The fraction of sp³-hybridized carbons (Fsp3) is 0.133. The first-order valence-electron chi connectivity index (χ1n) is 6.68. The Bertz CT molecular complexity index is 802. The second kappa shape index (κ2) is 6.15. The number of nitrogens with one attached hydrogen (secondary N) is 2. The fourth-order valence-electron chi connectivity index (χ4n) is 1.93. The summed E-state index contributed by atoms with van der Waals surface area (Å²) in [5.41, 5.74) is 1.74. The average Bonchev–Trinajstić information content (AvgIpc) is 2.86. The maximum Gasteiger partial charge on any atom is 0.229 e. The van der Waals surface area contributed by atoms with Crippen molar-refractivity contribution in [3.8, 4) is 0 Å². The van der Waals surface area contributed by atoms with Crippen molar-refractivity contribution in [2.24, 2.45) is 0 Å². The first-order chi connectivity index (χ1) is 10.6. The van der Waals surface area contributed by atoms with Crippen LogP contribution in [0.5, 0.6) is 0 Å². The van der Waals surface area contributed by atoms with Gasteiger partial charge in [-0.2, -0.15) is 4.98 Å². The van der Waals surface area contributed by atoms with Gasteiger partial charge in [-0.15, -0.1) is 0 Å². The fourth-order valence-corrected chi connectivity index (χ4v) is 2.31. The zero-order valence-corrected chi connectivity index (χ0v) is 13.7. The highest BCUT2D eigenvalue weighted by Gasteiger charge is 2.07. The number of hydrogen-bond acceptors (Lipinski definition) is 6. The molecule has 0 aliphatic rings. The molecule has 0 saturated carbocycles. The van der Waals surface area contributed by atoms with E-state index in [1.54, 1.807) is 6.07 Å². The predicted molar refractivity (Wildman–Crippen MR) is 88.7 cm³/mol. The number of para-hydroxylation sites is 1. The number of halogens is 1. The van der Waals surface area contributed by atoms with Gasteiger partial charge in [0.2, 0.25) is 5.95 Å². The minimum Gasteiger partial charge on any atom is -0.360 e. The van der Waals surface area contributed by atoms with Gasteiger partial charge in [-0.3, -0.25) is 0 Å². The highest BCUT2D eigenvalue weighted by molar-refractivity contribution is 9.10. The molecule has 2 aromatic heterocycles. The summed E-state index contributed by atoms with van der Waals surface area (Å²) in [5.74, 6) is 2.51. The lowest BCUT2D eigenvalue weighted by atomic mass is 10.3. The first kappa shape index (κ1) is 14.5. The molecule has 7 heteroatoms. The number of hydrogen-bond donors (Lipinski definition) is 2. The van der Waals surface area contributed by atoms with Gasteiger partial charge in [0.25, 0.3) is 0 Å². The molecule has 3 rings (SSSR count). The van der Waals surface area contributed by atoms with E-state index in [1.807, 2.05) is 44.2 Å². The van der Waals surface area contributed by atoms with E-state index in [0.29, 0.717) is 17.6 Å². The van der Waals surface area contributed by atoms with Gasteiger partial charge >= 0.3 is 0 Å². The van der Waals surface area contributed by atoms with E-state index in [-0.39, 0.29) is 0 Å². The molecule has 6 nitrogen and oxygen atoms in total. The third-order valence-corrected chi connectivity index (χ3v) is 3.55. The van der Waals surface area contributed by atoms with E-state index < -0.39 is 0 Å². The molecule has 0 spiro atoms. The molecule has 112 valence electrons. The minimum atomic E-state index is 0.509. The van der Waals surface area contributed by atoms with Crippen LogP contribution in [0.15, 0.2) is 45.4 Å². The Morgan fingerprint density at radius 1 is 1.00 bits per heavy atom. The molecular formula is C15H14BrN5O. The molecule has 0 radical (unpaired) electrons. The van der Waals surface area contributed by atoms with Crippen LogP contribution >= 0.6 is 15.9 Å². The second-order valence-electron chi connectivity index (χ2n) is 4.77. The zero-order chi connectivity index (χ0) is 15.5. The second-order valence-corrected chi connectivity index (χ2v) is 5.63. The Morgan fingerprint density at radius 2 is 1.82 bits per heavy atom. The van der Waals surface area contributed by atoms with E-state index in [0.717, 1.165) is 21.6 Å². The van der Waals surface area contributed by atoms with Crippen molar-refractivity contribution in [3.05, 3.63) is 52.3 Å². The molecule has 2 N–H and O–H groups in total. The van der Waals surface area contributed by atoms with Crippen molar-refractivity contribution in [1.82, 2.24) is 15.1 Å². The largest absolute Gasteiger partial charge is 0.360 e. The molecule has 0 unspecified atom stereocenters. The SMILES string of the molecule is Cc1cc(Nc2cc(C)on2)nc(Nc2ccccc2Br)n1. The van der Waals surface area contributed by atoms with Crippen LogP contribution in [-0.2, 0) is 0 Å². The molecule has 0 aliphatic carbocycles. The summed E-state index contributed by atoms with van der Waals surface area (Å²) in [4.78, 5) is 8.83. The molecule has 0 saturated heterocycles. The molecule has 0 fully saturated rings. The molecule has 22 heavy (non-hydrogen) atoms. The third kappa shape index (κ3) is 3.43. The Balaban J connectivity index is 1.85. The first-order valence-corrected chi connectivity index (χ1v) is 7.47. The van der Waals surface area contributed by atoms with Crippen molar-refractivity contribution in [2.75, 3.05) is 10.6 Å². The summed E-state index contributed by atoms with van der Waals surface area (Å²) in [5, 5.41) is 10.2. The van der Waals surface area contributed by atoms with Crippen LogP contribution in [0.25, 0.3) is 0 Å². The molecule has 3 aromatic rings. The quantitative estimate of drug-likeness (QED) is 0.721. The van der Waals surface area contributed by atoms with Crippen LogP contribution in [0.1, 0.15) is 11.5 Å². The van der Waals surface area contributed by atoms with Crippen LogP contribution in [0, 0.1) is 13.8 Å². The molecule has 2 heterocycles.